The van der Waals surface area contributed by atoms with Crippen molar-refractivity contribution in [2.75, 3.05) is 29.9 Å². The number of anilines is 2. The van der Waals surface area contributed by atoms with Crippen LogP contribution in [0.4, 0.5) is 15.8 Å². The van der Waals surface area contributed by atoms with Gasteiger partial charge in [-0.15, -0.1) is 0 Å². The van der Waals surface area contributed by atoms with Gasteiger partial charge in [0.25, 0.3) is 5.56 Å². The molecule has 0 amide bonds. The Morgan fingerprint density at radius 2 is 2.00 bits per heavy atom. The van der Waals surface area contributed by atoms with Crippen LogP contribution in [0.2, 0.25) is 0 Å². The van der Waals surface area contributed by atoms with E-state index in [1.54, 1.807) is 12.3 Å². The van der Waals surface area contributed by atoms with Gasteiger partial charge in [-0.25, -0.2) is 4.98 Å². The number of halogens is 1. The lowest BCUT2D eigenvalue weighted by Crippen LogP contribution is -2.41. The lowest BCUT2D eigenvalue weighted by atomic mass is 9.95. The molecule has 188 valence electrons. The van der Waals surface area contributed by atoms with Crippen LogP contribution in [0.3, 0.4) is 0 Å². The third kappa shape index (κ3) is 4.68. The molecule has 0 bridgehead atoms. The minimum Gasteiger partial charge on any atom is -0.456 e. The number of morpholine rings is 1. The largest absolute Gasteiger partial charge is 0.456 e. The molecule has 8 heteroatoms. The van der Waals surface area contributed by atoms with Crippen LogP contribution in [0, 0.1) is 5.95 Å². The van der Waals surface area contributed by atoms with Crippen LogP contribution in [0.15, 0.2) is 77.7 Å². The van der Waals surface area contributed by atoms with Crippen molar-refractivity contribution >= 4 is 11.4 Å². The molecule has 0 aliphatic carbocycles. The van der Waals surface area contributed by atoms with E-state index in [2.05, 4.69) is 32.3 Å². The molecule has 0 saturated carbocycles. The third-order valence-electron chi connectivity index (χ3n) is 6.90. The average Bonchev–Trinajstić information content (AvgIpc) is 2.92. The molecule has 2 unspecified atom stereocenters. The van der Waals surface area contributed by atoms with Gasteiger partial charge in [-0.1, -0.05) is 24.3 Å². The van der Waals surface area contributed by atoms with Crippen LogP contribution in [-0.4, -0.2) is 29.7 Å². The van der Waals surface area contributed by atoms with Crippen molar-refractivity contribution < 1.29 is 13.9 Å². The first kappa shape index (κ1) is 23.2. The van der Waals surface area contributed by atoms with E-state index in [0.29, 0.717) is 31.1 Å². The topological polar surface area (TPSA) is 79.5 Å². The highest BCUT2D eigenvalue weighted by molar-refractivity contribution is 5.59. The number of hydrogen-bond donors (Lipinski definition) is 2. The van der Waals surface area contributed by atoms with Gasteiger partial charge in [0.05, 0.1) is 18.3 Å². The summed E-state index contributed by atoms with van der Waals surface area (Å²) < 4.78 is 26.1. The van der Waals surface area contributed by atoms with Crippen molar-refractivity contribution in [1.82, 2.24) is 9.97 Å². The number of para-hydroxylation sites is 1. The second kappa shape index (κ2) is 9.71. The Kier molecular flexibility index (Phi) is 6.10. The number of nitrogens with zero attached hydrogens (tertiary/aromatic N) is 2. The molecule has 6 rings (SSSR count). The molecule has 1 fully saturated rings. The normalized spacial score (nSPS) is 17.4. The lowest BCUT2D eigenvalue weighted by molar-refractivity contribution is 0.0383. The number of fused-ring (bicyclic) bond motifs is 2. The fourth-order valence-corrected chi connectivity index (χ4v) is 5.05. The van der Waals surface area contributed by atoms with Crippen molar-refractivity contribution in [1.29, 1.82) is 0 Å². The predicted molar refractivity (Wildman–Crippen MR) is 140 cm³/mol. The molecule has 0 radical (unpaired) electrons. The van der Waals surface area contributed by atoms with Crippen LogP contribution >= 0.6 is 0 Å². The standard InChI is InChI=1S/C29H27FN4O3/c1-18(23-7-3-9-27(30)33-23)32-21-10-11-25-20(16-21)15-19-5-2-6-22(28(19)37-25)26-17-34(13-14-36-26)24-8-4-12-31-29(24)35/h2-12,16,18,26,32H,13-15,17H2,1H3,(H,31,35). The Morgan fingerprint density at radius 1 is 1.11 bits per heavy atom. The van der Waals surface area contributed by atoms with Crippen molar-refractivity contribution in [3.05, 3.63) is 112 Å². The van der Waals surface area contributed by atoms with Gasteiger partial charge in [-0.05, 0) is 55.0 Å². The van der Waals surface area contributed by atoms with Crippen molar-refractivity contribution in [2.45, 2.75) is 25.5 Å². The Balaban J connectivity index is 1.22. The SMILES string of the molecule is CC(Nc1ccc2c(c1)Cc1cccc(C3CN(c4ccc[nH]c4=O)CCO3)c1O2)c1cccc(F)n1. The summed E-state index contributed by atoms with van der Waals surface area (Å²) in [6, 6.07) is 20.5. The molecule has 2 aliphatic rings. The number of nitrogens with one attached hydrogen (secondary N) is 2. The fourth-order valence-electron chi connectivity index (χ4n) is 5.05. The first-order chi connectivity index (χ1) is 18.0. The Labute approximate surface area is 213 Å². The van der Waals surface area contributed by atoms with E-state index in [4.69, 9.17) is 9.47 Å². The van der Waals surface area contributed by atoms with Gasteiger partial charge in [0, 0.05) is 42.5 Å². The van der Waals surface area contributed by atoms with E-state index >= 15 is 0 Å². The number of pyridine rings is 2. The van der Waals surface area contributed by atoms with Crippen molar-refractivity contribution in [3.8, 4) is 11.5 Å². The number of ether oxygens (including phenoxy) is 2. The van der Waals surface area contributed by atoms with Gasteiger partial charge < -0.3 is 24.7 Å². The van der Waals surface area contributed by atoms with Crippen molar-refractivity contribution in [3.63, 3.8) is 0 Å². The third-order valence-corrected chi connectivity index (χ3v) is 6.90. The van der Waals surface area contributed by atoms with E-state index in [-0.39, 0.29) is 17.7 Å². The summed E-state index contributed by atoms with van der Waals surface area (Å²) in [6.45, 7) is 3.69. The Hall–Kier alpha value is -4.17. The minimum atomic E-state index is -0.488. The fraction of sp³-hybridized carbons (Fsp3) is 0.241. The Morgan fingerprint density at radius 3 is 2.86 bits per heavy atom. The van der Waals surface area contributed by atoms with Gasteiger partial charge in [0.1, 0.15) is 23.3 Å². The first-order valence-corrected chi connectivity index (χ1v) is 12.4. The van der Waals surface area contributed by atoms with Crippen molar-refractivity contribution in [2.24, 2.45) is 0 Å². The van der Waals surface area contributed by atoms with Crippen LogP contribution in [0.5, 0.6) is 11.5 Å². The molecule has 4 aromatic rings. The number of benzene rings is 2. The van der Waals surface area contributed by atoms with Gasteiger partial charge >= 0.3 is 0 Å². The number of hydrogen-bond acceptors (Lipinski definition) is 6. The van der Waals surface area contributed by atoms with E-state index < -0.39 is 5.95 Å². The molecule has 7 nitrogen and oxygen atoms in total. The zero-order valence-corrected chi connectivity index (χ0v) is 20.4. The zero-order chi connectivity index (χ0) is 25.4. The molecule has 2 N–H and O–H groups in total. The average molecular weight is 499 g/mol. The number of aromatic nitrogens is 2. The second-order valence-corrected chi connectivity index (χ2v) is 9.38. The van der Waals surface area contributed by atoms with Crippen LogP contribution < -0.4 is 20.5 Å². The van der Waals surface area contributed by atoms with E-state index in [1.165, 1.54) is 6.07 Å². The molecular weight excluding hydrogens is 471 g/mol. The van der Waals surface area contributed by atoms with Crippen LogP contribution in [-0.2, 0) is 11.2 Å². The number of rotatable bonds is 5. The maximum Gasteiger partial charge on any atom is 0.271 e. The summed E-state index contributed by atoms with van der Waals surface area (Å²) in [7, 11) is 0. The maximum absolute atomic E-state index is 13.5. The number of H-pyrrole nitrogens is 1. The van der Waals surface area contributed by atoms with E-state index in [9.17, 15) is 9.18 Å². The molecule has 2 aromatic heterocycles. The van der Waals surface area contributed by atoms with E-state index in [0.717, 1.165) is 40.3 Å². The summed E-state index contributed by atoms with van der Waals surface area (Å²) in [5.41, 5.74) is 5.23. The first-order valence-electron chi connectivity index (χ1n) is 12.4. The molecule has 2 aliphatic heterocycles. The summed E-state index contributed by atoms with van der Waals surface area (Å²) in [6.07, 6.45) is 2.14. The molecule has 2 atom stereocenters. The molecule has 0 spiro atoms. The maximum atomic E-state index is 13.5. The smallest absolute Gasteiger partial charge is 0.271 e. The predicted octanol–water partition coefficient (Wildman–Crippen LogP) is 5.36. The highest BCUT2D eigenvalue weighted by atomic mass is 19.1. The van der Waals surface area contributed by atoms with Gasteiger partial charge in [-0.3, -0.25) is 4.79 Å². The quantitative estimate of drug-likeness (QED) is 0.318. The van der Waals surface area contributed by atoms with Gasteiger partial charge in [0.2, 0.25) is 5.95 Å². The highest BCUT2D eigenvalue weighted by Crippen LogP contribution is 2.43. The minimum absolute atomic E-state index is 0.102. The van der Waals surface area contributed by atoms with Gasteiger partial charge in [0.15, 0.2) is 0 Å². The van der Waals surface area contributed by atoms with Crippen LogP contribution in [0.1, 0.15) is 41.5 Å². The zero-order valence-electron chi connectivity index (χ0n) is 20.4. The molecule has 37 heavy (non-hydrogen) atoms. The summed E-state index contributed by atoms with van der Waals surface area (Å²) in [4.78, 5) is 21.1. The molecule has 1 saturated heterocycles. The molecule has 2 aromatic carbocycles. The summed E-state index contributed by atoms with van der Waals surface area (Å²) >= 11 is 0. The lowest BCUT2D eigenvalue weighted by Gasteiger charge is -2.35. The number of aromatic amines is 1. The molecule has 4 heterocycles. The van der Waals surface area contributed by atoms with E-state index in [1.807, 2.05) is 49.4 Å². The Bertz CT molecular complexity index is 1500. The summed E-state index contributed by atoms with van der Waals surface area (Å²) in [5.74, 6) is 1.13. The summed E-state index contributed by atoms with van der Waals surface area (Å²) in [5, 5.41) is 3.41. The molecular formula is C29H27FN4O3. The van der Waals surface area contributed by atoms with Crippen LogP contribution in [0.25, 0.3) is 0 Å². The van der Waals surface area contributed by atoms with Gasteiger partial charge in [-0.2, -0.15) is 4.39 Å². The highest BCUT2D eigenvalue weighted by Gasteiger charge is 2.29. The second-order valence-electron chi connectivity index (χ2n) is 9.38. The monoisotopic (exact) mass is 498 g/mol.